The number of rotatable bonds is 4. The van der Waals surface area contributed by atoms with Gasteiger partial charge in [-0.25, -0.2) is 14.8 Å². The number of ether oxygens (including phenoxy) is 1. The number of carbonyl (C=O) groups excluding carboxylic acids is 1. The molecule has 0 atom stereocenters. The summed E-state index contributed by atoms with van der Waals surface area (Å²) >= 11 is 2.82. The van der Waals surface area contributed by atoms with Gasteiger partial charge in [-0.05, 0) is 62.9 Å². The summed E-state index contributed by atoms with van der Waals surface area (Å²) in [6.45, 7) is 5.45. The van der Waals surface area contributed by atoms with E-state index in [0.717, 1.165) is 15.1 Å². The molecule has 1 N–H and O–H groups in total. The fourth-order valence-electron chi connectivity index (χ4n) is 2.87. The van der Waals surface area contributed by atoms with Gasteiger partial charge in [-0.2, -0.15) is 4.52 Å². The molecular formula is C20H18N8O2S2. The molecule has 1 aromatic carbocycles. The maximum Gasteiger partial charge on any atom is 0.413 e. The van der Waals surface area contributed by atoms with Gasteiger partial charge < -0.3 is 4.74 Å². The highest BCUT2D eigenvalue weighted by molar-refractivity contribution is 7.99. The fraction of sp³-hybridized carbons (Fsp3) is 0.200. The summed E-state index contributed by atoms with van der Waals surface area (Å²) < 4.78 is 9.74. The van der Waals surface area contributed by atoms with Crippen molar-refractivity contribution in [1.82, 2.24) is 34.3 Å². The second-order valence-electron chi connectivity index (χ2n) is 7.79. The minimum atomic E-state index is -0.572. The first-order valence-electron chi connectivity index (χ1n) is 9.63. The molecule has 0 saturated heterocycles. The molecule has 0 spiro atoms. The quantitative estimate of drug-likeness (QED) is 0.414. The second kappa shape index (κ2) is 7.88. The number of benzene rings is 1. The van der Waals surface area contributed by atoms with Crippen LogP contribution in [0.3, 0.4) is 0 Å². The Balaban J connectivity index is 1.39. The molecule has 0 bridgehead atoms. The van der Waals surface area contributed by atoms with Gasteiger partial charge >= 0.3 is 6.09 Å². The van der Waals surface area contributed by atoms with E-state index in [-0.39, 0.29) is 0 Å². The van der Waals surface area contributed by atoms with Gasteiger partial charge in [0.1, 0.15) is 11.9 Å². The van der Waals surface area contributed by atoms with Crippen LogP contribution in [-0.2, 0) is 4.74 Å². The van der Waals surface area contributed by atoms with E-state index < -0.39 is 11.7 Å². The Kier molecular flexibility index (Phi) is 5.02. The molecule has 4 aromatic heterocycles. The minimum Gasteiger partial charge on any atom is -0.444 e. The largest absolute Gasteiger partial charge is 0.444 e. The molecule has 12 heteroatoms. The Hall–Kier alpha value is -3.51. The number of nitrogens with zero attached hydrogens (tertiary/aromatic N) is 7. The first-order valence-corrected chi connectivity index (χ1v) is 11.3. The number of imidazole rings is 1. The van der Waals surface area contributed by atoms with Crippen LogP contribution in [0.4, 0.5) is 9.93 Å². The molecule has 0 aliphatic carbocycles. The highest BCUT2D eigenvalue weighted by Gasteiger charge is 2.18. The second-order valence-corrected chi connectivity index (χ2v) is 9.86. The number of hydrogen-bond donors (Lipinski definition) is 1. The van der Waals surface area contributed by atoms with E-state index in [1.54, 1.807) is 17.0 Å². The van der Waals surface area contributed by atoms with E-state index in [4.69, 9.17) is 4.74 Å². The Labute approximate surface area is 190 Å². The number of aromatic nitrogens is 7. The van der Waals surface area contributed by atoms with Crippen molar-refractivity contribution in [2.75, 3.05) is 5.32 Å². The number of nitrogens with one attached hydrogen (secondary N) is 1. The molecular weight excluding hydrogens is 448 g/mol. The SMILES string of the molecule is CC(C)(C)OC(=O)Nc1nc2ccc(Sc3nnc4ccc(-n5ccnc5)nn34)cc2s1. The predicted molar refractivity (Wildman–Crippen MR) is 122 cm³/mol. The van der Waals surface area contributed by atoms with Gasteiger partial charge in [-0.1, -0.05) is 11.3 Å². The monoisotopic (exact) mass is 466 g/mol. The zero-order chi connectivity index (χ0) is 22.3. The lowest BCUT2D eigenvalue weighted by atomic mass is 10.2. The molecule has 0 radical (unpaired) electrons. The molecule has 0 aliphatic rings. The van der Waals surface area contributed by atoms with Gasteiger partial charge in [0, 0.05) is 17.3 Å². The smallest absolute Gasteiger partial charge is 0.413 e. The van der Waals surface area contributed by atoms with Crippen LogP contribution >= 0.6 is 23.1 Å². The van der Waals surface area contributed by atoms with Crippen molar-refractivity contribution in [1.29, 1.82) is 0 Å². The molecule has 0 aliphatic heterocycles. The van der Waals surface area contributed by atoms with Crippen molar-refractivity contribution < 1.29 is 9.53 Å². The van der Waals surface area contributed by atoms with Gasteiger partial charge in [0.2, 0.25) is 5.16 Å². The van der Waals surface area contributed by atoms with E-state index in [2.05, 4.69) is 30.6 Å². The van der Waals surface area contributed by atoms with Crippen molar-refractivity contribution >= 4 is 50.2 Å². The molecule has 10 nitrogen and oxygen atoms in total. The summed E-state index contributed by atoms with van der Waals surface area (Å²) in [7, 11) is 0. The number of hydrogen-bond acceptors (Lipinski definition) is 9. The zero-order valence-corrected chi connectivity index (χ0v) is 19.0. The Morgan fingerprint density at radius 3 is 2.84 bits per heavy atom. The third-order valence-electron chi connectivity index (χ3n) is 4.17. The summed E-state index contributed by atoms with van der Waals surface area (Å²) in [5.41, 5.74) is 0.869. The standard InChI is InChI=1S/C20H18N8O2S2/c1-20(2,3)30-19(29)23-17-22-13-5-4-12(10-14(13)32-17)31-18-25-24-15-6-7-16(26-28(15)18)27-9-8-21-11-27/h4-11H,1-3H3,(H,22,23,29). The van der Waals surface area contributed by atoms with Crippen LogP contribution in [0.15, 0.2) is 59.1 Å². The van der Waals surface area contributed by atoms with Crippen LogP contribution in [0.5, 0.6) is 0 Å². The maximum atomic E-state index is 12.0. The van der Waals surface area contributed by atoms with Crippen LogP contribution in [0.1, 0.15) is 20.8 Å². The Morgan fingerprint density at radius 2 is 2.06 bits per heavy atom. The lowest BCUT2D eigenvalue weighted by molar-refractivity contribution is 0.0636. The lowest BCUT2D eigenvalue weighted by Crippen LogP contribution is -2.27. The summed E-state index contributed by atoms with van der Waals surface area (Å²) in [5, 5.41) is 16.9. The molecule has 0 unspecified atom stereocenters. The minimum absolute atomic E-state index is 0.482. The van der Waals surface area contributed by atoms with Gasteiger partial charge in [0.15, 0.2) is 16.6 Å². The topological polar surface area (TPSA) is 112 Å². The first-order chi connectivity index (χ1) is 15.3. The van der Waals surface area contributed by atoms with Crippen molar-refractivity contribution in [3.05, 3.63) is 49.1 Å². The number of anilines is 1. The highest BCUT2D eigenvalue weighted by Crippen LogP contribution is 2.33. The predicted octanol–water partition coefficient (Wildman–Crippen LogP) is 4.42. The number of thiazole rings is 1. The zero-order valence-electron chi connectivity index (χ0n) is 17.4. The fourth-order valence-corrected chi connectivity index (χ4v) is 4.67. The van der Waals surface area contributed by atoms with Gasteiger partial charge in [0.05, 0.1) is 10.2 Å². The van der Waals surface area contributed by atoms with Crippen LogP contribution in [-0.4, -0.2) is 46.0 Å². The van der Waals surface area contributed by atoms with Crippen molar-refractivity contribution in [2.45, 2.75) is 36.4 Å². The van der Waals surface area contributed by atoms with E-state index >= 15 is 0 Å². The molecule has 1 amide bonds. The van der Waals surface area contributed by atoms with Crippen LogP contribution < -0.4 is 5.32 Å². The van der Waals surface area contributed by atoms with Crippen molar-refractivity contribution in [3.8, 4) is 5.82 Å². The number of carbonyl (C=O) groups is 1. The lowest BCUT2D eigenvalue weighted by Gasteiger charge is -2.18. The highest BCUT2D eigenvalue weighted by atomic mass is 32.2. The molecule has 32 heavy (non-hydrogen) atoms. The molecule has 4 heterocycles. The van der Waals surface area contributed by atoms with Gasteiger partial charge in [0.25, 0.3) is 0 Å². The normalized spacial score (nSPS) is 11.8. The van der Waals surface area contributed by atoms with Crippen LogP contribution in [0, 0.1) is 0 Å². The summed E-state index contributed by atoms with van der Waals surface area (Å²) in [5.74, 6) is 0.715. The molecule has 5 aromatic rings. The third-order valence-corrected chi connectivity index (χ3v) is 6.03. The summed E-state index contributed by atoms with van der Waals surface area (Å²) in [6.07, 6.45) is 4.68. The molecule has 0 saturated carbocycles. The van der Waals surface area contributed by atoms with Gasteiger partial charge in [-0.15, -0.1) is 15.3 Å². The van der Waals surface area contributed by atoms with E-state index in [1.807, 2.05) is 61.9 Å². The van der Waals surface area contributed by atoms with E-state index in [9.17, 15) is 4.79 Å². The Bertz CT molecular complexity index is 1420. The number of amides is 1. The van der Waals surface area contributed by atoms with Crippen molar-refractivity contribution in [2.24, 2.45) is 0 Å². The van der Waals surface area contributed by atoms with Crippen molar-refractivity contribution in [3.63, 3.8) is 0 Å². The first kappa shape index (κ1) is 20.4. The van der Waals surface area contributed by atoms with Crippen LogP contribution in [0.25, 0.3) is 21.7 Å². The average molecular weight is 467 g/mol. The average Bonchev–Trinajstić information content (AvgIpc) is 3.45. The van der Waals surface area contributed by atoms with Gasteiger partial charge in [-0.3, -0.25) is 9.88 Å². The summed E-state index contributed by atoms with van der Waals surface area (Å²) in [6, 6.07) is 9.58. The molecule has 162 valence electrons. The van der Waals surface area contributed by atoms with Crippen LogP contribution in [0.2, 0.25) is 0 Å². The number of fused-ring (bicyclic) bond motifs is 2. The van der Waals surface area contributed by atoms with E-state index in [1.165, 1.54) is 23.1 Å². The molecule has 5 rings (SSSR count). The maximum absolute atomic E-state index is 12.0. The third kappa shape index (κ3) is 4.27. The Morgan fingerprint density at radius 1 is 1.19 bits per heavy atom. The summed E-state index contributed by atoms with van der Waals surface area (Å²) in [4.78, 5) is 21.5. The molecule has 0 fully saturated rings. The van der Waals surface area contributed by atoms with E-state index in [0.29, 0.717) is 21.8 Å².